The van der Waals surface area contributed by atoms with Crippen LogP contribution in [0.2, 0.25) is 0 Å². The average Bonchev–Trinajstić information content (AvgIpc) is 2.49. The van der Waals surface area contributed by atoms with E-state index in [9.17, 15) is 9.90 Å². The van der Waals surface area contributed by atoms with Crippen molar-refractivity contribution in [2.75, 3.05) is 0 Å². The van der Waals surface area contributed by atoms with Crippen molar-refractivity contribution in [1.29, 1.82) is 0 Å². The molecular formula is C15H9BrN2O3. The molecule has 0 atom stereocenters. The molecule has 0 fully saturated rings. The van der Waals surface area contributed by atoms with Crippen molar-refractivity contribution in [2.24, 2.45) is 10.2 Å². The van der Waals surface area contributed by atoms with E-state index in [-0.39, 0.29) is 11.4 Å². The number of azo groups is 1. The predicted molar refractivity (Wildman–Crippen MR) is 82.5 cm³/mol. The van der Waals surface area contributed by atoms with Crippen LogP contribution in [0.25, 0.3) is 11.0 Å². The Morgan fingerprint density at radius 2 is 1.71 bits per heavy atom. The Morgan fingerprint density at radius 1 is 1.00 bits per heavy atom. The Bertz CT molecular complexity index is 886. The molecule has 104 valence electrons. The molecule has 3 aromatic rings. The molecule has 0 aliphatic rings. The highest BCUT2D eigenvalue weighted by molar-refractivity contribution is 9.10. The van der Waals surface area contributed by atoms with E-state index in [4.69, 9.17) is 4.42 Å². The van der Waals surface area contributed by atoms with Gasteiger partial charge >= 0.3 is 5.63 Å². The first kappa shape index (κ1) is 13.5. The lowest BCUT2D eigenvalue weighted by Gasteiger charge is -2.01. The monoisotopic (exact) mass is 344 g/mol. The highest BCUT2D eigenvalue weighted by Gasteiger charge is 2.13. The number of para-hydroxylation sites is 1. The van der Waals surface area contributed by atoms with Gasteiger partial charge in [0.1, 0.15) is 5.58 Å². The maximum Gasteiger partial charge on any atom is 0.368 e. The molecular weight excluding hydrogens is 336 g/mol. The third kappa shape index (κ3) is 2.71. The molecule has 0 unspecified atom stereocenters. The lowest BCUT2D eigenvalue weighted by molar-refractivity contribution is 0.469. The van der Waals surface area contributed by atoms with Crippen LogP contribution in [0, 0.1) is 0 Å². The number of benzene rings is 2. The Hall–Kier alpha value is -2.47. The summed E-state index contributed by atoms with van der Waals surface area (Å²) >= 11 is 3.31. The summed E-state index contributed by atoms with van der Waals surface area (Å²) in [6.07, 6.45) is 0. The third-order valence-electron chi connectivity index (χ3n) is 2.85. The van der Waals surface area contributed by atoms with Gasteiger partial charge in [-0.2, -0.15) is 5.11 Å². The van der Waals surface area contributed by atoms with E-state index < -0.39 is 5.63 Å². The molecule has 5 nitrogen and oxygen atoms in total. The van der Waals surface area contributed by atoms with E-state index in [2.05, 4.69) is 26.2 Å². The number of halogens is 1. The van der Waals surface area contributed by atoms with Gasteiger partial charge in [-0.3, -0.25) is 0 Å². The van der Waals surface area contributed by atoms with Gasteiger partial charge in [0.05, 0.1) is 11.1 Å². The van der Waals surface area contributed by atoms with Crippen molar-refractivity contribution in [3.63, 3.8) is 0 Å². The number of rotatable bonds is 2. The summed E-state index contributed by atoms with van der Waals surface area (Å²) in [4.78, 5) is 11.8. The number of nitrogens with zero attached hydrogens (tertiary/aromatic N) is 2. The molecule has 1 heterocycles. The van der Waals surface area contributed by atoms with Crippen LogP contribution in [-0.4, -0.2) is 5.11 Å². The topological polar surface area (TPSA) is 75.2 Å². The van der Waals surface area contributed by atoms with Gasteiger partial charge in [-0.15, -0.1) is 5.11 Å². The third-order valence-corrected chi connectivity index (χ3v) is 3.38. The number of fused-ring (bicyclic) bond motifs is 1. The molecule has 0 amide bonds. The van der Waals surface area contributed by atoms with Gasteiger partial charge in [-0.05, 0) is 36.4 Å². The minimum absolute atomic E-state index is 0.211. The van der Waals surface area contributed by atoms with Crippen LogP contribution in [-0.2, 0) is 0 Å². The van der Waals surface area contributed by atoms with E-state index in [0.29, 0.717) is 16.7 Å². The fraction of sp³-hybridized carbons (Fsp3) is 0. The van der Waals surface area contributed by atoms with Crippen LogP contribution >= 0.6 is 15.9 Å². The number of hydrogen-bond donors (Lipinski definition) is 1. The zero-order chi connectivity index (χ0) is 14.8. The fourth-order valence-electron chi connectivity index (χ4n) is 1.83. The summed E-state index contributed by atoms with van der Waals surface area (Å²) in [5.74, 6) is -0.234. The molecule has 0 aliphatic carbocycles. The normalized spacial score (nSPS) is 11.3. The van der Waals surface area contributed by atoms with Gasteiger partial charge in [0.15, 0.2) is 5.75 Å². The summed E-state index contributed by atoms with van der Waals surface area (Å²) in [6.45, 7) is 0. The predicted octanol–water partition coefficient (Wildman–Crippen LogP) is 4.68. The summed E-state index contributed by atoms with van der Waals surface area (Å²) in [5, 5.41) is 18.3. The highest BCUT2D eigenvalue weighted by atomic mass is 79.9. The Kier molecular flexibility index (Phi) is 3.53. The Balaban J connectivity index is 2.08. The van der Waals surface area contributed by atoms with E-state index in [1.807, 2.05) is 0 Å². The molecule has 0 aliphatic heterocycles. The summed E-state index contributed by atoms with van der Waals surface area (Å²) in [7, 11) is 0. The molecule has 21 heavy (non-hydrogen) atoms. The van der Waals surface area contributed by atoms with Crippen LogP contribution in [0.4, 0.5) is 11.4 Å². The smallest absolute Gasteiger partial charge is 0.368 e. The second-order valence-electron chi connectivity index (χ2n) is 4.26. The van der Waals surface area contributed by atoms with Crippen LogP contribution in [0.3, 0.4) is 0 Å². The number of hydrogen-bond acceptors (Lipinski definition) is 5. The summed E-state index contributed by atoms with van der Waals surface area (Å²) in [5.41, 5.74) is -0.0727. The molecule has 0 bridgehead atoms. The van der Waals surface area contributed by atoms with E-state index >= 15 is 0 Å². The molecule has 0 radical (unpaired) electrons. The average molecular weight is 345 g/mol. The second-order valence-corrected chi connectivity index (χ2v) is 5.17. The lowest BCUT2D eigenvalue weighted by Crippen LogP contribution is -1.98. The first-order valence-corrected chi connectivity index (χ1v) is 6.86. The molecule has 2 aromatic carbocycles. The van der Waals surface area contributed by atoms with Gasteiger partial charge < -0.3 is 9.52 Å². The molecule has 1 N–H and O–H groups in total. The lowest BCUT2D eigenvalue weighted by atomic mass is 10.2. The van der Waals surface area contributed by atoms with Crippen molar-refractivity contribution in [2.45, 2.75) is 0 Å². The van der Waals surface area contributed by atoms with Crippen LogP contribution < -0.4 is 5.63 Å². The minimum atomic E-state index is -0.730. The Morgan fingerprint density at radius 3 is 2.48 bits per heavy atom. The summed E-state index contributed by atoms with van der Waals surface area (Å²) < 4.78 is 6.02. The zero-order valence-electron chi connectivity index (χ0n) is 10.7. The van der Waals surface area contributed by atoms with Gasteiger partial charge in [0.25, 0.3) is 0 Å². The quantitative estimate of drug-likeness (QED) is 0.541. The second kappa shape index (κ2) is 5.49. The standard InChI is InChI=1S/C15H9BrN2O3/c16-9-5-7-10(8-6-9)17-18-13-14(19)11-3-1-2-4-12(11)21-15(13)20/h1-8,19H. The molecule has 1 aromatic heterocycles. The van der Waals surface area contributed by atoms with E-state index in [0.717, 1.165) is 4.47 Å². The maximum absolute atomic E-state index is 11.8. The van der Waals surface area contributed by atoms with Crippen LogP contribution in [0.15, 0.2) is 72.4 Å². The van der Waals surface area contributed by atoms with Crippen molar-refractivity contribution < 1.29 is 9.52 Å². The molecule has 0 saturated heterocycles. The highest BCUT2D eigenvalue weighted by Crippen LogP contribution is 2.32. The van der Waals surface area contributed by atoms with Gasteiger partial charge in [0, 0.05) is 4.47 Å². The molecule has 0 saturated carbocycles. The zero-order valence-corrected chi connectivity index (χ0v) is 12.2. The molecule has 6 heteroatoms. The molecule has 0 spiro atoms. The van der Waals surface area contributed by atoms with Gasteiger partial charge in [-0.25, -0.2) is 4.79 Å². The van der Waals surface area contributed by atoms with Crippen molar-refractivity contribution >= 4 is 38.3 Å². The maximum atomic E-state index is 11.8. The SMILES string of the molecule is O=c1oc2ccccc2c(O)c1N=Nc1ccc(Br)cc1. The Labute approximate surface area is 127 Å². The van der Waals surface area contributed by atoms with Gasteiger partial charge in [0.2, 0.25) is 5.69 Å². The van der Waals surface area contributed by atoms with Crippen molar-refractivity contribution in [3.8, 4) is 5.75 Å². The van der Waals surface area contributed by atoms with E-state index in [1.54, 1.807) is 48.5 Å². The van der Waals surface area contributed by atoms with Crippen molar-refractivity contribution in [3.05, 3.63) is 63.4 Å². The van der Waals surface area contributed by atoms with Crippen LogP contribution in [0.5, 0.6) is 5.75 Å². The van der Waals surface area contributed by atoms with E-state index in [1.165, 1.54) is 0 Å². The fourth-order valence-corrected chi connectivity index (χ4v) is 2.09. The first-order chi connectivity index (χ1) is 10.1. The largest absolute Gasteiger partial charge is 0.505 e. The van der Waals surface area contributed by atoms with Crippen molar-refractivity contribution in [1.82, 2.24) is 0 Å². The minimum Gasteiger partial charge on any atom is -0.505 e. The van der Waals surface area contributed by atoms with Crippen LogP contribution in [0.1, 0.15) is 0 Å². The first-order valence-electron chi connectivity index (χ1n) is 6.07. The number of aromatic hydroxyl groups is 1. The van der Waals surface area contributed by atoms with Gasteiger partial charge in [-0.1, -0.05) is 28.1 Å². The summed E-state index contributed by atoms with van der Waals surface area (Å²) in [6, 6.07) is 13.8. The molecule has 3 rings (SSSR count).